The molecular weight excluding hydrogens is 392 g/mol. The molecule has 0 fully saturated rings. The molecule has 0 amide bonds. The van der Waals surface area contributed by atoms with Gasteiger partial charge in [0, 0.05) is 33.3 Å². The lowest BCUT2D eigenvalue weighted by Gasteiger charge is -2.13. The molecule has 3 rings (SSSR count). The SMILES string of the molecule is NC(Cc1ccc(Br)cn1)c1ccc2cc(Br)ccc2c1. The first kappa shape index (κ1) is 14.7. The van der Waals surface area contributed by atoms with E-state index in [9.17, 15) is 0 Å². The zero-order valence-corrected chi connectivity index (χ0v) is 14.4. The number of halogens is 2. The number of pyridine rings is 1. The summed E-state index contributed by atoms with van der Waals surface area (Å²) in [6, 6.07) is 16.6. The van der Waals surface area contributed by atoms with Crippen LogP contribution >= 0.6 is 31.9 Å². The van der Waals surface area contributed by atoms with Gasteiger partial charge in [-0.2, -0.15) is 0 Å². The maximum atomic E-state index is 6.33. The van der Waals surface area contributed by atoms with Crippen LogP contribution in [0, 0.1) is 0 Å². The Morgan fingerprint density at radius 2 is 1.62 bits per heavy atom. The van der Waals surface area contributed by atoms with Crippen molar-refractivity contribution in [2.75, 3.05) is 0 Å². The van der Waals surface area contributed by atoms with Crippen LogP contribution in [0.15, 0.2) is 63.7 Å². The van der Waals surface area contributed by atoms with Crippen molar-refractivity contribution in [2.45, 2.75) is 12.5 Å². The number of rotatable bonds is 3. The van der Waals surface area contributed by atoms with Crippen LogP contribution in [0.25, 0.3) is 10.8 Å². The van der Waals surface area contributed by atoms with Gasteiger partial charge >= 0.3 is 0 Å². The topological polar surface area (TPSA) is 38.9 Å². The second-order valence-corrected chi connectivity index (χ2v) is 6.86. The van der Waals surface area contributed by atoms with Crippen LogP contribution in [-0.4, -0.2) is 4.98 Å². The molecule has 0 aliphatic heterocycles. The van der Waals surface area contributed by atoms with Gasteiger partial charge in [0.05, 0.1) is 0 Å². The number of nitrogens with two attached hydrogens (primary N) is 1. The molecule has 21 heavy (non-hydrogen) atoms. The maximum absolute atomic E-state index is 6.33. The highest BCUT2D eigenvalue weighted by molar-refractivity contribution is 9.10. The van der Waals surface area contributed by atoms with Gasteiger partial charge < -0.3 is 5.73 Å². The van der Waals surface area contributed by atoms with Gasteiger partial charge in [-0.3, -0.25) is 4.98 Å². The highest BCUT2D eigenvalue weighted by Gasteiger charge is 2.09. The summed E-state index contributed by atoms with van der Waals surface area (Å²) in [5.74, 6) is 0. The smallest absolute Gasteiger partial charge is 0.0423 e. The molecule has 0 spiro atoms. The highest BCUT2D eigenvalue weighted by atomic mass is 79.9. The van der Waals surface area contributed by atoms with E-state index in [4.69, 9.17) is 5.73 Å². The first-order valence-corrected chi connectivity index (χ1v) is 8.26. The number of nitrogens with zero attached hydrogens (tertiary/aromatic N) is 1. The minimum Gasteiger partial charge on any atom is -0.324 e. The van der Waals surface area contributed by atoms with Gasteiger partial charge in [0.1, 0.15) is 0 Å². The van der Waals surface area contributed by atoms with Crippen molar-refractivity contribution < 1.29 is 0 Å². The fourth-order valence-corrected chi connectivity index (χ4v) is 2.95. The van der Waals surface area contributed by atoms with E-state index >= 15 is 0 Å². The molecule has 1 atom stereocenters. The zero-order chi connectivity index (χ0) is 14.8. The Hall–Kier alpha value is -1.23. The molecule has 1 aromatic heterocycles. The molecule has 1 unspecified atom stereocenters. The van der Waals surface area contributed by atoms with E-state index in [-0.39, 0.29) is 6.04 Å². The molecule has 0 aliphatic rings. The van der Waals surface area contributed by atoms with Crippen LogP contribution in [0.5, 0.6) is 0 Å². The van der Waals surface area contributed by atoms with Gasteiger partial charge in [0.15, 0.2) is 0 Å². The molecule has 0 radical (unpaired) electrons. The van der Waals surface area contributed by atoms with Crippen molar-refractivity contribution in [1.82, 2.24) is 4.98 Å². The molecule has 4 heteroatoms. The Kier molecular flexibility index (Phi) is 4.38. The van der Waals surface area contributed by atoms with E-state index in [1.165, 1.54) is 10.8 Å². The average molecular weight is 406 g/mol. The summed E-state index contributed by atoms with van der Waals surface area (Å²) in [4.78, 5) is 4.38. The number of aromatic nitrogens is 1. The molecule has 3 aromatic rings. The molecule has 2 aromatic carbocycles. The van der Waals surface area contributed by atoms with Crippen LogP contribution in [0.1, 0.15) is 17.3 Å². The van der Waals surface area contributed by atoms with Crippen LogP contribution in [0.3, 0.4) is 0 Å². The number of hydrogen-bond donors (Lipinski definition) is 1. The Labute approximate surface area is 140 Å². The highest BCUT2D eigenvalue weighted by Crippen LogP contribution is 2.24. The predicted octanol–water partition coefficient (Wildman–Crippen LogP) is 5.00. The number of hydrogen-bond acceptors (Lipinski definition) is 2. The summed E-state index contributed by atoms with van der Waals surface area (Å²) in [6.07, 6.45) is 2.54. The Morgan fingerprint density at radius 1 is 0.905 bits per heavy atom. The lowest BCUT2D eigenvalue weighted by Crippen LogP contribution is -2.14. The molecule has 106 valence electrons. The predicted molar refractivity (Wildman–Crippen MR) is 94.2 cm³/mol. The van der Waals surface area contributed by atoms with Crippen molar-refractivity contribution in [3.8, 4) is 0 Å². The van der Waals surface area contributed by atoms with Crippen LogP contribution in [0.4, 0.5) is 0 Å². The third-order valence-corrected chi connectivity index (χ3v) is 4.43. The fraction of sp³-hybridized carbons (Fsp3) is 0.118. The number of benzene rings is 2. The van der Waals surface area contributed by atoms with Crippen LogP contribution in [-0.2, 0) is 6.42 Å². The summed E-state index contributed by atoms with van der Waals surface area (Å²) in [5.41, 5.74) is 8.46. The maximum Gasteiger partial charge on any atom is 0.0423 e. The summed E-state index contributed by atoms with van der Waals surface area (Å²) in [7, 11) is 0. The van der Waals surface area contributed by atoms with E-state index in [0.29, 0.717) is 0 Å². The van der Waals surface area contributed by atoms with Gasteiger partial charge in [-0.1, -0.05) is 34.1 Å². The van der Waals surface area contributed by atoms with Crippen molar-refractivity contribution in [2.24, 2.45) is 5.73 Å². The van der Waals surface area contributed by atoms with Crippen molar-refractivity contribution in [3.63, 3.8) is 0 Å². The van der Waals surface area contributed by atoms with Crippen molar-refractivity contribution in [3.05, 3.63) is 74.9 Å². The molecule has 1 heterocycles. The minimum atomic E-state index is -0.0493. The van der Waals surface area contributed by atoms with E-state index in [0.717, 1.165) is 26.6 Å². The Bertz CT molecular complexity index is 769. The second kappa shape index (κ2) is 6.26. The summed E-state index contributed by atoms with van der Waals surface area (Å²) in [5, 5.41) is 2.41. The Morgan fingerprint density at radius 3 is 2.38 bits per heavy atom. The normalized spacial score (nSPS) is 12.5. The first-order valence-electron chi connectivity index (χ1n) is 6.67. The fourth-order valence-electron chi connectivity index (χ4n) is 2.34. The van der Waals surface area contributed by atoms with Crippen molar-refractivity contribution in [1.29, 1.82) is 0 Å². The molecule has 0 bridgehead atoms. The zero-order valence-electron chi connectivity index (χ0n) is 11.3. The van der Waals surface area contributed by atoms with Gasteiger partial charge in [0.2, 0.25) is 0 Å². The molecule has 0 aliphatic carbocycles. The van der Waals surface area contributed by atoms with Crippen molar-refractivity contribution >= 4 is 42.6 Å². The molecule has 0 saturated heterocycles. The quantitative estimate of drug-likeness (QED) is 0.665. The Balaban J connectivity index is 1.85. The van der Waals surface area contributed by atoms with Gasteiger partial charge in [-0.05, 0) is 62.6 Å². The standard InChI is InChI=1S/C17H14Br2N2/c18-14-4-3-11-7-13(2-1-12(11)8-14)17(20)9-16-6-5-15(19)10-21-16/h1-8,10,17H,9,20H2. The lowest BCUT2D eigenvalue weighted by molar-refractivity contribution is 0.707. The van der Waals surface area contributed by atoms with E-state index in [1.807, 2.05) is 18.2 Å². The lowest BCUT2D eigenvalue weighted by atomic mass is 9.99. The third kappa shape index (κ3) is 3.51. The monoisotopic (exact) mass is 404 g/mol. The van der Waals surface area contributed by atoms with E-state index in [2.05, 4.69) is 67.2 Å². The van der Waals surface area contributed by atoms with Gasteiger partial charge in [-0.15, -0.1) is 0 Å². The summed E-state index contributed by atoms with van der Waals surface area (Å²) < 4.78 is 2.07. The van der Waals surface area contributed by atoms with Crippen LogP contribution < -0.4 is 5.73 Å². The largest absolute Gasteiger partial charge is 0.324 e. The summed E-state index contributed by atoms with van der Waals surface area (Å²) in [6.45, 7) is 0. The number of fused-ring (bicyclic) bond motifs is 1. The first-order chi connectivity index (χ1) is 10.1. The summed E-state index contributed by atoms with van der Waals surface area (Å²) >= 11 is 6.89. The molecule has 0 saturated carbocycles. The molecule has 2 nitrogen and oxygen atoms in total. The molecule has 2 N–H and O–H groups in total. The van der Waals surface area contributed by atoms with Crippen LogP contribution in [0.2, 0.25) is 0 Å². The van der Waals surface area contributed by atoms with Gasteiger partial charge in [0.25, 0.3) is 0 Å². The van der Waals surface area contributed by atoms with Gasteiger partial charge in [-0.25, -0.2) is 0 Å². The van der Waals surface area contributed by atoms with E-state index < -0.39 is 0 Å². The molecular formula is C17H14Br2N2. The minimum absolute atomic E-state index is 0.0493. The average Bonchev–Trinajstić information content (AvgIpc) is 2.49. The third-order valence-electron chi connectivity index (χ3n) is 3.47. The van der Waals surface area contributed by atoms with E-state index in [1.54, 1.807) is 6.20 Å². The second-order valence-electron chi connectivity index (χ2n) is 5.03.